The SMILES string of the molecule is CCCC(C)C(N)c1ccc(F)c2ccccc12. The van der Waals surface area contributed by atoms with Crippen LogP contribution < -0.4 is 5.73 Å². The summed E-state index contributed by atoms with van der Waals surface area (Å²) in [5.41, 5.74) is 7.37. The third kappa shape index (κ3) is 2.39. The van der Waals surface area contributed by atoms with E-state index in [4.69, 9.17) is 5.73 Å². The Bertz CT molecular complexity index is 536. The Hall–Kier alpha value is -1.41. The molecule has 0 heterocycles. The molecule has 0 spiro atoms. The van der Waals surface area contributed by atoms with E-state index in [2.05, 4.69) is 13.8 Å². The number of hydrogen-bond donors (Lipinski definition) is 1. The normalized spacial score (nSPS) is 14.7. The molecule has 2 heteroatoms. The van der Waals surface area contributed by atoms with Gasteiger partial charge >= 0.3 is 0 Å². The molecule has 1 nitrogen and oxygen atoms in total. The molecule has 0 amide bonds. The van der Waals surface area contributed by atoms with E-state index in [0.29, 0.717) is 11.3 Å². The van der Waals surface area contributed by atoms with E-state index in [9.17, 15) is 4.39 Å². The largest absolute Gasteiger partial charge is 0.324 e. The molecule has 2 unspecified atom stereocenters. The first-order valence-electron chi connectivity index (χ1n) is 6.58. The van der Waals surface area contributed by atoms with E-state index in [0.717, 1.165) is 23.8 Å². The van der Waals surface area contributed by atoms with Gasteiger partial charge in [0.1, 0.15) is 5.82 Å². The third-order valence-corrected chi connectivity index (χ3v) is 3.62. The zero-order chi connectivity index (χ0) is 13.1. The fourth-order valence-corrected chi connectivity index (χ4v) is 2.52. The van der Waals surface area contributed by atoms with Crippen molar-refractivity contribution in [1.29, 1.82) is 0 Å². The molecule has 2 aromatic carbocycles. The molecule has 18 heavy (non-hydrogen) atoms. The molecule has 96 valence electrons. The molecule has 0 saturated heterocycles. The number of halogens is 1. The average Bonchev–Trinajstić information content (AvgIpc) is 2.39. The number of nitrogens with two attached hydrogens (primary N) is 1. The molecule has 2 rings (SSSR count). The predicted molar refractivity (Wildman–Crippen MR) is 74.9 cm³/mol. The van der Waals surface area contributed by atoms with Crippen LogP contribution in [0, 0.1) is 11.7 Å². The lowest BCUT2D eigenvalue weighted by atomic mass is 9.89. The van der Waals surface area contributed by atoms with Gasteiger partial charge in [-0.15, -0.1) is 0 Å². The zero-order valence-electron chi connectivity index (χ0n) is 11.0. The Morgan fingerprint density at radius 2 is 1.78 bits per heavy atom. The van der Waals surface area contributed by atoms with Crippen molar-refractivity contribution in [2.24, 2.45) is 11.7 Å². The van der Waals surface area contributed by atoms with Crippen molar-refractivity contribution in [3.05, 3.63) is 47.8 Å². The molecule has 2 atom stereocenters. The number of benzene rings is 2. The second-order valence-corrected chi connectivity index (χ2v) is 4.97. The molecular weight excluding hydrogens is 225 g/mol. The molecule has 0 aliphatic carbocycles. The topological polar surface area (TPSA) is 26.0 Å². The van der Waals surface area contributed by atoms with Crippen molar-refractivity contribution in [3.63, 3.8) is 0 Å². The highest BCUT2D eigenvalue weighted by molar-refractivity contribution is 5.86. The fraction of sp³-hybridized carbons (Fsp3) is 0.375. The summed E-state index contributed by atoms with van der Waals surface area (Å²) in [5.74, 6) is 0.230. The Balaban J connectivity index is 2.48. The summed E-state index contributed by atoms with van der Waals surface area (Å²) in [4.78, 5) is 0. The van der Waals surface area contributed by atoms with Crippen LogP contribution in [0.25, 0.3) is 10.8 Å². The van der Waals surface area contributed by atoms with Crippen molar-refractivity contribution < 1.29 is 4.39 Å². The molecule has 2 aromatic rings. The maximum absolute atomic E-state index is 13.7. The van der Waals surface area contributed by atoms with Crippen LogP contribution in [0.1, 0.15) is 38.3 Å². The van der Waals surface area contributed by atoms with Crippen molar-refractivity contribution in [3.8, 4) is 0 Å². The first kappa shape index (κ1) is 13.0. The average molecular weight is 245 g/mol. The molecule has 0 aliphatic rings. The molecule has 0 aromatic heterocycles. The van der Waals surface area contributed by atoms with Crippen molar-refractivity contribution in [1.82, 2.24) is 0 Å². The molecular formula is C16H20FN. The standard InChI is InChI=1S/C16H20FN/c1-3-6-11(2)16(18)14-9-10-15(17)13-8-5-4-7-12(13)14/h4-5,7-11,16H,3,6,18H2,1-2H3. The van der Waals surface area contributed by atoms with Gasteiger partial charge in [-0.3, -0.25) is 0 Å². The number of rotatable bonds is 4. The molecule has 0 fully saturated rings. The second kappa shape index (κ2) is 5.49. The van der Waals surface area contributed by atoms with Gasteiger partial charge in [-0.2, -0.15) is 0 Å². The maximum Gasteiger partial charge on any atom is 0.131 e. The monoisotopic (exact) mass is 245 g/mol. The smallest absolute Gasteiger partial charge is 0.131 e. The minimum absolute atomic E-state index is 0.0320. The van der Waals surface area contributed by atoms with Gasteiger partial charge in [-0.05, 0) is 29.4 Å². The van der Waals surface area contributed by atoms with E-state index in [1.165, 1.54) is 6.07 Å². The summed E-state index contributed by atoms with van der Waals surface area (Å²) in [6.45, 7) is 4.32. The Morgan fingerprint density at radius 1 is 1.11 bits per heavy atom. The molecule has 0 aliphatic heterocycles. The van der Waals surface area contributed by atoms with Gasteiger partial charge in [0.05, 0.1) is 0 Å². The van der Waals surface area contributed by atoms with Crippen LogP contribution in [0.15, 0.2) is 36.4 Å². The zero-order valence-corrected chi connectivity index (χ0v) is 11.0. The Kier molecular flexibility index (Phi) is 3.97. The van der Waals surface area contributed by atoms with E-state index in [-0.39, 0.29) is 11.9 Å². The van der Waals surface area contributed by atoms with Gasteiger partial charge in [0, 0.05) is 11.4 Å². The van der Waals surface area contributed by atoms with Crippen molar-refractivity contribution in [2.45, 2.75) is 32.7 Å². The summed E-state index contributed by atoms with van der Waals surface area (Å²) in [6.07, 6.45) is 2.21. The van der Waals surface area contributed by atoms with Crippen molar-refractivity contribution in [2.75, 3.05) is 0 Å². The van der Waals surface area contributed by atoms with Crippen LogP contribution in [-0.2, 0) is 0 Å². The molecule has 0 saturated carbocycles. The lowest BCUT2D eigenvalue weighted by Crippen LogP contribution is -2.19. The van der Waals surface area contributed by atoms with Crippen LogP contribution in [0.5, 0.6) is 0 Å². The first-order chi connectivity index (χ1) is 8.65. The van der Waals surface area contributed by atoms with Crippen LogP contribution in [-0.4, -0.2) is 0 Å². The molecule has 2 N–H and O–H groups in total. The minimum Gasteiger partial charge on any atom is -0.324 e. The second-order valence-electron chi connectivity index (χ2n) is 4.97. The van der Waals surface area contributed by atoms with E-state index in [1.807, 2.05) is 30.3 Å². The Labute approximate surface area is 108 Å². The summed E-state index contributed by atoms with van der Waals surface area (Å²) < 4.78 is 13.7. The van der Waals surface area contributed by atoms with Crippen molar-refractivity contribution >= 4 is 10.8 Å². The maximum atomic E-state index is 13.7. The van der Waals surface area contributed by atoms with Crippen LogP contribution >= 0.6 is 0 Å². The van der Waals surface area contributed by atoms with Crippen LogP contribution in [0.4, 0.5) is 4.39 Å². The quantitative estimate of drug-likeness (QED) is 0.848. The summed E-state index contributed by atoms with van der Waals surface area (Å²) in [7, 11) is 0. The van der Waals surface area contributed by atoms with E-state index >= 15 is 0 Å². The van der Waals surface area contributed by atoms with E-state index < -0.39 is 0 Å². The Morgan fingerprint density at radius 3 is 2.44 bits per heavy atom. The molecule has 0 bridgehead atoms. The van der Waals surface area contributed by atoms with Gasteiger partial charge in [0.15, 0.2) is 0 Å². The highest BCUT2D eigenvalue weighted by Crippen LogP contribution is 2.30. The predicted octanol–water partition coefficient (Wildman–Crippen LogP) is 4.41. The third-order valence-electron chi connectivity index (χ3n) is 3.62. The highest BCUT2D eigenvalue weighted by Gasteiger charge is 2.17. The molecule has 0 radical (unpaired) electrons. The van der Waals surface area contributed by atoms with Crippen LogP contribution in [0.2, 0.25) is 0 Å². The van der Waals surface area contributed by atoms with Gasteiger partial charge in [0.2, 0.25) is 0 Å². The highest BCUT2D eigenvalue weighted by atomic mass is 19.1. The summed E-state index contributed by atoms with van der Waals surface area (Å²) in [6, 6.07) is 10.9. The van der Waals surface area contributed by atoms with Gasteiger partial charge < -0.3 is 5.73 Å². The van der Waals surface area contributed by atoms with E-state index in [1.54, 1.807) is 0 Å². The summed E-state index contributed by atoms with van der Waals surface area (Å²) >= 11 is 0. The van der Waals surface area contributed by atoms with Crippen LogP contribution in [0.3, 0.4) is 0 Å². The fourth-order valence-electron chi connectivity index (χ4n) is 2.52. The summed E-state index contributed by atoms with van der Waals surface area (Å²) in [5, 5.41) is 1.60. The number of hydrogen-bond acceptors (Lipinski definition) is 1. The van der Waals surface area contributed by atoms with Gasteiger partial charge in [-0.1, -0.05) is 50.6 Å². The lowest BCUT2D eigenvalue weighted by Gasteiger charge is -2.21. The van der Waals surface area contributed by atoms with Gasteiger partial charge in [-0.25, -0.2) is 4.39 Å². The lowest BCUT2D eigenvalue weighted by molar-refractivity contribution is 0.435. The van der Waals surface area contributed by atoms with Gasteiger partial charge in [0.25, 0.3) is 0 Å². The number of fused-ring (bicyclic) bond motifs is 1. The minimum atomic E-state index is -0.176. The first-order valence-corrected chi connectivity index (χ1v) is 6.58.